The highest BCUT2D eigenvalue weighted by Gasteiger charge is 2.30. The fourth-order valence-corrected chi connectivity index (χ4v) is 2.55. The standard InChI is InChI=1S/C18H25N3O3/c1-12(2)15(22)18(3,4)11-20-17(23)21-14-7-5-13(6-8-14)16-19-9-10-24-16/h5-10,12,15,22H,11H2,1-4H3,(H2,20,21,23). The van der Waals surface area contributed by atoms with E-state index in [-0.39, 0.29) is 11.9 Å². The monoisotopic (exact) mass is 331 g/mol. The Bertz CT molecular complexity index is 649. The predicted octanol–water partition coefficient (Wildman–Crippen LogP) is 3.51. The third-order valence-corrected chi connectivity index (χ3v) is 3.96. The van der Waals surface area contributed by atoms with Gasteiger partial charge in [-0.3, -0.25) is 0 Å². The highest BCUT2D eigenvalue weighted by molar-refractivity contribution is 5.89. The van der Waals surface area contributed by atoms with Gasteiger partial charge in [0.2, 0.25) is 5.89 Å². The van der Waals surface area contributed by atoms with Gasteiger partial charge in [0.05, 0.1) is 12.3 Å². The number of nitrogens with one attached hydrogen (secondary N) is 2. The zero-order valence-corrected chi connectivity index (χ0v) is 14.5. The summed E-state index contributed by atoms with van der Waals surface area (Å²) in [5.41, 5.74) is 1.11. The van der Waals surface area contributed by atoms with Crippen molar-refractivity contribution in [2.24, 2.45) is 11.3 Å². The van der Waals surface area contributed by atoms with Gasteiger partial charge < -0.3 is 20.2 Å². The lowest BCUT2D eigenvalue weighted by atomic mass is 9.81. The lowest BCUT2D eigenvalue weighted by Crippen LogP contribution is -2.44. The first-order valence-electron chi connectivity index (χ1n) is 8.02. The van der Waals surface area contributed by atoms with Crippen LogP contribution in [-0.2, 0) is 0 Å². The van der Waals surface area contributed by atoms with Gasteiger partial charge in [-0.15, -0.1) is 0 Å². The molecule has 1 aromatic carbocycles. The summed E-state index contributed by atoms with van der Waals surface area (Å²) in [6.45, 7) is 8.17. The number of carbonyl (C=O) groups is 1. The first-order chi connectivity index (χ1) is 11.3. The molecule has 0 bridgehead atoms. The van der Waals surface area contributed by atoms with E-state index in [0.29, 0.717) is 18.1 Å². The molecule has 0 radical (unpaired) electrons. The van der Waals surface area contributed by atoms with E-state index >= 15 is 0 Å². The topological polar surface area (TPSA) is 87.4 Å². The van der Waals surface area contributed by atoms with Crippen molar-refractivity contribution in [3.05, 3.63) is 36.7 Å². The third-order valence-electron chi connectivity index (χ3n) is 3.96. The van der Waals surface area contributed by atoms with Gasteiger partial charge >= 0.3 is 6.03 Å². The van der Waals surface area contributed by atoms with Crippen LogP contribution in [0, 0.1) is 11.3 Å². The Hall–Kier alpha value is -2.34. The van der Waals surface area contributed by atoms with Gasteiger partial charge in [0.25, 0.3) is 0 Å². The Balaban J connectivity index is 1.88. The van der Waals surface area contributed by atoms with E-state index < -0.39 is 11.5 Å². The Morgan fingerprint density at radius 3 is 2.50 bits per heavy atom. The van der Waals surface area contributed by atoms with Crippen LogP contribution >= 0.6 is 0 Å². The highest BCUT2D eigenvalue weighted by atomic mass is 16.3. The molecule has 1 heterocycles. The van der Waals surface area contributed by atoms with E-state index in [0.717, 1.165) is 5.56 Å². The molecule has 2 amide bonds. The van der Waals surface area contributed by atoms with Gasteiger partial charge in [-0.05, 0) is 30.2 Å². The Labute approximate surface area is 142 Å². The number of hydrogen-bond acceptors (Lipinski definition) is 4. The van der Waals surface area contributed by atoms with E-state index in [2.05, 4.69) is 15.6 Å². The number of amides is 2. The van der Waals surface area contributed by atoms with E-state index in [1.165, 1.54) is 6.26 Å². The lowest BCUT2D eigenvalue weighted by Gasteiger charge is -2.33. The molecular formula is C18H25N3O3. The summed E-state index contributed by atoms with van der Waals surface area (Å²) >= 11 is 0. The molecule has 0 aliphatic rings. The summed E-state index contributed by atoms with van der Waals surface area (Å²) in [6, 6.07) is 6.92. The predicted molar refractivity (Wildman–Crippen MR) is 93.6 cm³/mol. The average molecular weight is 331 g/mol. The van der Waals surface area contributed by atoms with E-state index in [1.54, 1.807) is 18.3 Å². The van der Waals surface area contributed by atoms with Crippen LogP contribution in [0.15, 0.2) is 41.1 Å². The maximum atomic E-state index is 12.0. The van der Waals surface area contributed by atoms with Gasteiger partial charge in [-0.25, -0.2) is 9.78 Å². The largest absolute Gasteiger partial charge is 0.445 e. The molecule has 130 valence electrons. The highest BCUT2D eigenvalue weighted by Crippen LogP contribution is 2.25. The van der Waals surface area contributed by atoms with Crippen molar-refractivity contribution in [3.8, 4) is 11.5 Å². The smallest absolute Gasteiger partial charge is 0.319 e. The molecule has 0 aliphatic carbocycles. The van der Waals surface area contributed by atoms with Crippen LogP contribution in [0.25, 0.3) is 11.5 Å². The fraction of sp³-hybridized carbons (Fsp3) is 0.444. The summed E-state index contributed by atoms with van der Waals surface area (Å²) in [4.78, 5) is 16.1. The minimum Gasteiger partial charge on any atom is -0.445 e. The molecule has 24 heavy (non-hydrogen) atoms. The number of anilines is 1. The number of hydrogen-bond donors (Lipinski definition) is 3. The average Bonchev–Trinajstić information content (AvgIpc) is 3.07. The van der Waals surface area contributed by atoms with Crippen LogP contribution in [-0.4, -0.2) is 28.8 Å². The molecule has 0 saturated heterocycles. The van der Waals surface area contributed by atoms with Crippen LogP contribution in [0.2, 0.25) is 0 Å². The van der Waals surface area contributed by atoms with Gasteiger partial charge in [-0.2, -0.15) is 0 Å². The summed E-state index contributed by atoms with van der Waals surface area (Å²) in [6.07, 6.45) is 2.61. The zero-order valence-electron chi connectivity index (χ0n) is 14.5. The van der Waals surface area contributed by atoms with E-state index in [4.69, 9.17) is 4.42 Å². The summed E-state index contributed by atoms with van der Waals surface area (Å²) < 4.78 is 5.22. The van der Waals surface area contributed by atoms with Gasteiger partial charge in [0.1, 0.15) is 6.26 Å². The van der Waals surface area contributed by atoms with Crippen LogP contribution in [0.4, 0.5) is 10.5 Å². The molecule has 1 atom stereocenters. The number of aliphatic hydroxyl groups is 1. The van der Waals surface area contributed by atoms with Gasteiger partial charge in [0, 0.05) is 23.2 Å². The van der Waals surface area contributed by atoms with Crippen molar-refractivity contribution in [2.75, 3.05) is 11.9 Å². The van der Waals surface area contributed by atoms with Crippen molar-refractivity contribution in [1.82, 2.24) is 10.3 Å². The first kappa shape index (κ1) is 18.0. The number of carbonyl (C=O) groups excluding carboxylic acids is 1. The third kappa shape index (κ3) is 4.58. The number of aliphatic hydroxyl groups excluding tert-OH is 1. The molecular weight excluding hydrogens is 306 g/mol. The number of nitrogens with zero attached hydrogens (tertiary/aromatic N) is 1. The second kappa shape index (κ2) is 7.49. The molecule has 2 rings (SSSR count). The Kier molecular flexibility index (Phi) is 5.62. The van der Waals surface area contributed by atoms with E-state index in [1.807, 2.05) is 39.8 Å². The molecule has 0 spiro atoms. The second-order valence-corrected chi connectivity index (χ2v) is 6.90. The molecule has 0 saturated carbocycles. The summed E-state index contributed by atoms with van der Waals surface area (Å²) in [5.74, 6) is 0.669. The summed E-state index contributed by atoms with van der Waals surface area (Å²) in [5, 5.41) is 15.8. The molecule has 0 aliphatic heterocycles. The van der Waals surface area contributed by atoms with Gasteiger partial charge in [0.15, 0.2) is 0 Å². The molecule has 2 aromatic rings. The molecule has 6 nitrogen and oxygen atoms in total. The fourth-order valence-electron chi connectivity index (χ4n) is 2.55. The second-order valence-electron chi connectivity index (χ2n) is 6.90. The van der Waals surface area contributed by atoms with Crippen molar-refractivity contribution < 1.29 is 14.3 Å². The maximum absolute atomic E-state index is 12.0. The number of urea groups is 1. The van der Waals surface area contributed by atoms with Crippen molar-refractivity contribution >= 4 is 11.7 Å². The SMILES string of the molecule is CC(C)C(O)C(C)(C)CNC(=O)Nc1ccc(-c2ncco2)cc1. The van der Waals surface area contributed by atoms with Crippen molar-refractivity contribution in [2.45, 2.75) is 33.8 Å². The van der Waals surface area contributed by atoms with Crippen LogP contribution in [0.5, 0.6) is 0 Å². The molecule has 1 aromatic heterocycles. The molecule has 0 fully saturated rings. The maximum Gasteiger partial charge on any atom is 0.319 e. The Morgan fingerprint density at radius 1 is 1.29 bits per heavy atom. The normalized spacial score (nSPS) is 12.9. The van der Waals surface area contributed by atoms with Crippen LogP contribution < -0.4 is 10.6 Å². The number of benzene rings is 1. The van der Waals surface area contributed by atoms with Crippen molar-refractivity contribution in [3.63, 3.8) is 0 Å². The number of aromatic nitrogens is 1. The summed E-state index contributed by atoms with van der Waals surface area (Å²) in [7, 11) is 0. The van der Waals surface area contributed by atoms with Crippen LogP contribution in [0.1, 0.15) is 27.7 Å². The van der Waals surface area contributed by atoms with Crippen molar-refractivity contribution in [1.29, 1.82) is 0 Å². The number of oxazole rings is 1. The lowest BCUT2D eigenvalue weighted by molar-refractivity contribution is 0.0154. The minimum atomic E-state index is -0.488. The molecule has 6 heteroatoms. The van der Waals surface area contributed by atoms with Gasteiger partial charge in [-0.1, -0.05) is 27.7 Å². The Morgan fingerprint density at radius 2 is 1.96 bits per heavy atom. The quantitative estimate of drug-likeness (QED) is 0.756. The van der Waals surface area contributed by atoms with E-state index in [9.17, 15) is 9.90 Å². The molecule has 1 unspecified atom stereocenters. The van der Waals surface area contributed by atoms with Crippen LogP contribution in [0.3, 0.4) is 0 Å². The first-order valence-corrected chi connectivity index (χ1v) is 8.02. The minimum absolute atomic E-state index is 0.132. The number of rotatable bonds is 6. The molecule has 3 N–H and O–H groups in total. The zero-order chi connectivity index (χ0) is 17.7.